The van der Waals surface area contributed by atoms with Crippen LogP contribution in [0.3, 0.4) is 0 Å². The Kier molecular flexibility index (Phi) is 5.35. The topological polar surface area (TPSA) is 65.2 Å². The minimum Gasteiger partial charge on any atom is -0.370 e. The molecular weight excluding hydrogens is 374 g/mol. The monoisotopic (exact) mass is 395 g/mol. The van der Waals surface area contributed by atoms with Crippen LogP contribution in [0.15, 0.2) is 53.3 Å². The maximum atomic E-state index is 12.7. The van der Waals surface area contributed by atoms with Crippen molar-refractivity contribution in [2.45, 2.75) is 25.7 Å². The number of amides is 1. The van der Waals surface area contributed by atoms with Gasteiger partial charge in [0.1, 0.15) is 0 Å². The number of hydrogen-bond donors (Lipinski definition) is 2. The van der Waals surface area contributed by atoms with E-state index in [9.17, 15) is 9.59 Å². The van der Waals surface area contributed by atoms with Crippen LogP contribution in [0, 0.1) is 0 Å². The molecule has 1 fully saturated rings. The third-order valence-electron chi connectivity index (χ3n) is 5.11. The highest BCUT2D eigenvalue weighted by molar-refractivity contribution is 6.31. The number of aromatic nitrogens is 1. The van der Waals surface area contributed by atoms with Gasteiger partial charge in [0, 0.05) is 29.2 Å². The Balaban J connectivity index is 1.56. The van der Waals surface area contributed by atoms with E-state index in [0.717, 1.165) is 42.5 Å². The average molecular weight is 396 g/mol. The van der Waals surface area contributed by atoms with Crippen molar-refractivity contribution in [1.29, 1.82) is 0 Å². The standard InChI is InChI=1S/C22H22ClN3O2/c23-17-8-9-20(26-10-4-1-5-11-26)19(14-17)24-21(27)13-16-12-15-6-2-3-7-18(15)25-22(16)28/h2-3,6-9,12,14H,1,4-5,10-11,13H2,(H,24,27)(H,25,28). The molecule has 2 heterocycles. The molecule has 28 heavy (non-hydrogen) atoms. The zero-order valence-corrected chi connectivity index (χ0v) is 16.3. The van der Waals surface area contributed by atoms with Gasteiger partial charge in [0.05, 0.1) is 17.8 Å². The second-order valence-corrected chi connectivity index (χ2v) is 7.58. The smallest absolute Gasteiger partial charge is 0.252 e. The zero-order chi connectivity index (χ0) is 19.5. The van der Waals surface area contributed by atoms with Crippen molar-refractivity contribution in [3.63, 3.8) is 0 Å². The van der Waals surface area contributed by atoms with Crippen LogP contribution >= 0.6 is 11.6 Å². The van der Waals surface area contributed by atoms with Gasteiger partial charge in [0.25, 0.3) is 5.56 Å². The number of para-hydroxylation sites is 1. The molecule has 0 unspecified atom stereocenters. The van der Waals surface area contributed by atoms with Crippen LogP contribution in [0.4, 0.5) is 11.4 Å². The Morgan fingerprint density at radius 1 is 1.07 bits per heavy atom. The van der Waals surface area contributed by atoms with Gasteiger partial charge < -0.3 is 15.2 Å². The molecule has 1 aromatic heterocycles. The lowest BCUT2D eigenvalue weighted by atomic mass is 10.1. The highest BCUT2D eigenvalue weighted by Crippen LogP contribution is 2.31. The summed E-state index contributed by atoms with van der Waals surface area (Å²) in [6.45, 7) is 1.93. The summed E-state index contributed by atoms with van der Waals surface area (Å²) in [4.78, 5) is 30.1. The molecular formula is C22H22ClN3O2. The summed E-state index contributed by atoms with van der Waals surface area (Å²) in [7, 11) is 0. The number of pyridine rings is 1. The normalized spacial score (nSPS) is 14.2. The maximum Gasteiger partial charge on any atom is 0.252 e. The van der Waals surface area contributed by atoms with Crippen LogP contribution in [-0.4, -0.2) is 24.0 Å². The minimum atomic E-state index is -0.240. The average Bonchev–Trinajstić information content (AvgIpc) is 2.69. The van der Waals surface area contributed by atoms with Crippen molar-refractivity contribution in [2.24, 2.45) is 0 Å². The first-order valence-electron chi connectivity index (χ1n) is 9.55. The van der Waals surface area contributed by atoms with Gasteiger partial charge in [-0.1, -0.05) is 29.8 Å². The zero-order valence-electron chi connectivity index (χ0n) is 15.5. The molecule has 0 aliphatic carbocycles. The van der Waals surface area contributed by atoms with Gasteiger partial charge in [0.15, 0.2) is 0 Å². The molecule has 0 saturated carbocycles. The lowest BCUT2D eigenvalue weighted by Gasteiger charge is -2.30. The summed E-state index contributed by atoms with van der Waals surface area (Å²) >= 11 is 6.17. The third kappa shape index (κ3) is 4.04. The third-order valence-corrected chi connectivity index (χ3v) is 5.35. The van der Waals surface area contributed by atoms with Gasteiger partial charge >= 0.3 is 0 Å². The Labute approximate surface area is 168 Å². The molecule has 144 valence electrons. The fourth-order valence-corrected chi connectivity index (χ4v) is 3.88. The van der Waals surface area contributed by atoms with Crippen LogP contribution < -0.4 is 15.8 Å². The first-order chi connectivity index (χ1) is 13.6. The van der Waals surface area contributed by atoms with E-state index >= 15 is 0 Å². The molecule has 0 spiro atoms. The highest BCUT2D eigenvalue weighted by atomic mass is 35.5. The molecule has 1 aliphatic heterocycles. The number of aromatic amines is 1. The molecule has 1 aliphatic rings. The number of hydrogen-bond acceptors (Lipinski definition) is 3. The molecule has 4 rings (SSSR count). The Hall–Kier alpha value is -2.79. The molecule has 0 bridgehead atoms. The fraction of sp³-hybridized carbons (Fsp3) is 0.273. The Bertz CT molecular complexity index is 1070. The van der Waals surface area contributed by atoms with E-state index in [2.05, 4.69) is 15.2 Å². The number of nitrogens with zero attached hydrogens (tertiary/aromatic N) is 1. The van der Waals surface area contributed by atoms with E-state index in [-0.39, 0.29) is 17.9 Å². The molecule has 0 atom stereocenters. The fourth-order valence-electron chi connectivity index (χ4n) is 3.71. The van der Waals surface area contributed by atoms with Crippen molar-refractivity contribution in [1.82, 2.24) is 4.98 Å². The molecule has 1 amide bonds. The Morgan fingerprint density at radius 3 is 2.68 bits per heavy atom. The van der Waals surface area contributed by atoms with Crippen molar-refractivity contribution >= 4 is 39.8 Å². The van der Waals surface area contributed by atoms with E-state index in [1.165, 1.54) is 6.42 Å². The van der Waals surface area contributed by atoms with E-state index in [1.54, 1.807) is 12.1 Å². The second kappa shape index (κ2) is 8.07. The van der Waals surface area contributed by atoms with Crippen molar-refractivity contribution in [3.05, 3.63) is 69.5 Å². The summed E-state index contributed by atoms with van der Waals surface area (Å²) in [5.41, 5.74) is 2.63. The molecule has 6 heteroatoms. The number of H-pyrrole nitrogens is 1. The van der Waals surface area contributed by atoms with Crippen LogP contribution in [0.2, 0.25) is 5.02 Å². The number of carbonyl (C=O) groups excluding carboxylic acids is 1. The number of fused-ring (bicyclic) bond motifs is 1. The minimum absolute atomic E-state index is 0.00607. The molecule has 5 nitrogen and oxygen atoms in total. The van der Waals surface area contributed by atoms with E-state index < -0.39 is 0 Å². The molecule has 0 radical (unpaired) electrons. The van der Waals surface area contributed by atoms with Crippen LogP contribution in [0.5, 0.6) is 0 Å². The largest absolute Gasteiger partial charge is 0.370 e. The van der Waals surface area contributed by atoms with Gasteiger partial charge in [0.2, 0.25) is 5.91 Å². The molecule has 1 saturated heterocycles. The number of nitrogens with one attached hydrogen (secondary N) is 2. The maximum absolute atomic E-state index is 12.7. The van der Waals surface area contributed by atoms with Gasteiger partial charge in [-0.25, -0.2) is 0 Å². The van der Waals surface area contributed by atoms with Crippen molar-refractivity contribution < 1.29 is 4.79 Å². The summed E-state index contributed by atoms with van der Waals surface area (Å²) in [5, 5.41) is 4.43. The highest BCUT2D eigenvalue weighted by Gasteiger charge is 2.17. The first kappa shape index (κ1) is 18.6. The lowest BCUT2D eigenvalue weighted by Crippen LogP contribution is -2.30. The van der Waals surface area contributed by atoms with Crippen LogP contribution in [0.1, 0.15) is 24.8 Å². The number of rotatable bonds is 4. The number of carbonyl (C=O) groups is 1. The molecule has 2 N–H and O–H groups in total. The Morgan fingerprint density at radius 2 is 1.86 bits per heavy atom. The summed E-state index contributed by atoms with van der Waals surface area (Å²) < 4.78 is 0. The lowest BCUT2D eigenvalue weighted by molar-refractivity contribution is -0.115. The van der Waals surface area contributed by atoms with Gasteiger partial charge in [-0.05, 0) is 55.0 Å². The SMILES string of the molecule is O=C(Cc1cc2ccccc2[nH]c1=O)Nc1cc(Cl)ccc1N1CCCCC1. The van der Waals surface area contributed by atoms with Crippen LogP contribution in [0.25, 0.3) is 10.9 Å². The molecule has 2 aromatic carbocycles. The van der Waals surface area contributed by atoms with E-state index in [0.29, 0.717) is 16.3 Å². The first-order valence-corrected chi connectivity index (χ1v) is 9.93. The summed E-state index contributed by atoms with van der Waals surface area (Å²) in [6.07, 6.45) is 3.52. The quantitative estimate of drug-likeness (QED) is 0.690. The molecule has 3 aromatic rings. The van der Waals surface area contributed by atoms with Gasteiger partial charge in [-0.3, -0.25) is 9.59 Å². The predicted octanol–water partition coefficient (Wildman–Crippen LogP) is 4.35. The number of benzene rings is 2. The number of piperidine rings is 1. The summed E-state index contributed by atoms with van der Waals surface area (Å²) in [6, 6.07) is 14.9. The number of anilines is 2. The summed E-state index contributed by atoms with van der Waals surface area (Å²) in [5.74, 6) is -0.235. The predicted molar refractivity (Wildman–Crippen MR) is 114 cm³/mol. The van der Waals surface area contributed by atoms with Crippen molar-refractivity contribution in [2.75, 3.05) is 23.3 Å². The van der Waals surface area contributed by atoms with E-state index in [1.807, 2.05) is 36.4 Å². The van der Waals surface area contributed by atoms with Gasteiger partial charge in [-0.15, -0.1) is 0 Å². The second-order valence-electron chi connectivity index (χ2n) is 7.15. The number of halogens is 1. The van der Waals surface area contributed by atoms with Gasteiger partial charge in [-0.2, -0.15) is 0 Å². The van der Waals surface area contributed by atoms with E-state index in [4.69, 9.17) is 11.6 Å². The van der Waals surface area contributed by atoms with Crippen molar-refractivity contribution in [3.8, 4) is 0 Å². The van der Waals surface area contributed by atoms with Crippen LogP contribution in [-0.2, 0) is 11.2 Å².